The second kappa shape index (κ2) is 11.2. The van der Waals surface area contributed by atoms with Crippen molar-refractivity contribution in [3.8, 4) is 11.4 Å². The first-order chi connectivity index (χ1) is 16.9. The zero-order valence-corrected chi connectivity index (χ0v) is 20.7. The van der Waals surface area contributed by atoms with Crippen molar-refractivity contribution >= 4 is 40.7 Å². The molecule has 1 amide bonds. The molecule has 0 aliphatic rings. The van der Waals surface area contributed by atoms with Crippen molar-refractivity contribution in [2.24, 2.45) is 0 Å². The van der Waals surface area contributed by atoms with E-state index in [-0.39, 0.29) is 17.4 Å². The predicted molar refractivity (Wildman–Crippen MR) is 138 cm³/mol. The molecule has 0 aliphatic carbocycles. The van der Waals surface area contributed by atoms with E-state index in [0.29, 0.717) is 33.0 Å². The molecular formula is C26H23ClN4O3S. The number of nitrogens with zero attached hydrogens (tertiary/aromatic N) is 3. The zero-order valence-electron chi connectivity index (χ0n) is 19.1. The Morgan fingerprint density at radius 2 is 1.69 bits per heavy atom. The molecule has 178 valence electrons. The van der Waals surface area contributed by atoms with Crippen LogP contribution < -0.4 is 10.1 Å². The van der Waals surface area contributed by atoms with Crippen LogP contribution in [0.25, 0.3) is 5.69 Å². The van der Waals surface area contributed by atoms with E-state index in [0.717, 1.165) is 5.69 Å². The number of para-hydroxylation sites is 2. The van der Waals surface area contributed by atoms with Gasteiger partial charge in [-0.25, -0.2) is 0 Å². The lowest BCUT2D eigenvalue weighted by Crippen LogP contribution is -2.15. The topological polar surface area (TPSA) is 86.1 Å². The van der Waals surface area contributed by atoms with E-state index in [1.165, 1.54) is 18.7 Å². The maximum atomic E-state index is 12.6. The van der Waals surface area contributed by atoms with E-state index < -0.39 is 6.10 Å². The Morgan fingerprint density at radius 3 is 2.37 bits per heavy atom. The quantitative estimate of drug-likeness (QED) is 0.221. The Morgan fingerprint density at radius 1 is 1.00 bits per heavy atom. The van der Waals surface area contributed by atoms with E-state index in [2.05, 4.69) is 15.5 Å². The molecule has 0 bridgehead atoms. The fourth-order valence-electron chi connectivity index (χ4n) is 3.36. The van der Waals surface area contributed by atoms with Gasteiger partial charge in [-0.3, -0.25) is 14.2 Å². The summed E-state index contributed by atoms with van der Waals surface area (Å²) < 4.78 is 7.95. The normalized spacial score (nSPS) is 11.6. The van der Waals surface area contributed by atoms with Crippen molar-refractivity contribution in [2.75, 3.05) is 11.1 Å². The van der Waals surface area contributed by atoms with Gasteiger partial charge in [-0.2, -0.15) is 0 Å². The van der Waals surface area contributed by atoms with Crippen LogP contribution in [0.15, 0.2) is 84.0 Å². The number of rotatable bonds is 9. The van der Waals surface area contributed by atoms with Crippen LogP contribution in [-0.2, 0) is 4.79 Å². The minimum Gasteiger partial charge on any atom is -0.481 e. The van der Waals surface area contributed by atoms with E-state index >= 15 is 0 Å². The molecule has 1 unspecified atom stereocenters. The maximum absolute atomic E-state index is 12.6. The average molecular weight is 507 g/mol. The number of carbonyl (C=O) groups is 2. The SMILES string of the molecule is CC(=O)c1ccc(NC(=O)CSc2nnc(C(C)Oc3ccccc3Cl)n2-c2ccccc2)cc1. The lowest BCUT2D eigenvalue weighted by molar-refractivity contribution is -0.113. The van der Waals surface area contributed by atoms with Gasteiger partial charge >= 0.3 is 0 Å². The first-order valence-corrected chi connectivity index (χ1v) is 12.2. The zero-order chi connectivity index (χ0) is 24.8. The number of nitrogens with one attached hydrogen (secondary N) is 1. The predicted octanol–water partition coefficient (Wildman–Crippen LogP) is 5.99. The van der Waals surface area contributed by atoms with Crippen LogP contribution >= 0.6 is 23.4 Å². The summed E-state index contributed by atoms with van der Waals surface area (Å²) >= 11 is 7.53. The lowest BCUT2D eigenvalue weighted by Gasteiger charge is -2.17. The number of carbonyl (C=O) groups excluding carboxylic acids is 2. The number of hydrogen-bond donors (Lipinski definition) is 1. The molecule has 4 aromatic rings. The highest BCUT2D eigenvalue weighted by Gasteiger charge is 2.22. The van der Waals surface area contributed by atoms with Gasteiger partial charge in [0.2, 0.25) is 5.91 Å². The summed E-state index contributed by atoms with van der Waals surface area (Å²) in [5, 5.41) is 12.6. The summed E-state index contributed by atoms with van der Waals surface area (Å²) in [6.45, 7) is 3.38. The molecule has 1 atom stereocenters. The summed E-state index contributed by atoms with van der Waals surface area (Å²) in [6, 6.07) is 23.7. The third kappa shape index (κ3) is 6.09. The molecule has 1 aromatic heterocycles. The fraction of sp³-hybridized carbons (Fsp3) is 0.154. The van der Waals surface area contributed by atoms with Gasteiger partial charge in [0.1, 0.15) is 5.75 Å². The van der Waals surface area contributed by atoms with Crippen LogP contribution in [0.1, 0.15) is 36.1 Å². The fourth-order valence-corrected chi connectivity index (χ4v) is 4.30. The molecule has 7 nitrogen and oxygen atoms in total. The molecule has 0 saturated carbocycles. The van der Waals surface area contributed by atoms with E-state index in [1.54, 1.807) is 36.4 Å². The lowest BCUT2D eigenvalue weighted by atomic mass is 10.1. The first-order valence-electron chi connectivity index (χ1n) is 10.9. The molecule has 0 spiro atoms. The Labute approximate surface area is 212 Å². The summed E-state index contributed by atoms with van der Waals surface area (Å²) in [6.07, 6.45) is -0.453. The van der Waals surface area contributed by atoms with Gasteiger partial charge in [0.15, 0.2) is 22.9 Å². The van der Waals surface area contributed by atoms with Crippen molar-refractivity contribution in [3.05, 3.63) is 95.3 Å². The van der Waals surface area contributed by atoms with Gasteiger partial charge in [-0.05, 0) is 62.4 Å². The van der Waals surface area contributed by atoms with Gasteiger partial charge in [0.05, 0.1) is 10.8 Å². The Balaban J connectivity index is 1.51. The van der Waals surface area contributed by atoms with E-state index in [4.69, 9.17) is 16.3 Å². The largest absolute Gasteiger partial charge is 0.481 e. The van der Waals surface area contributed by atoms with Crippen molar-refractivity contribution in [1.29, 1.82) is 0 Å². The molecular weight excluding hydrogens is 484 g/mol. The molecule has 35 heavy (non-hydrogen) atoms. The minimum absolute atomic E-state index is 0.0257. The monoisotopic (exact) mass is 506 g/mol. The first kappa shape index (κ1) is 24.5. The van der Waals surface area contributed by atoms with Gasteiger partial charge in [0, 0.05) is 16.9 Å². The van der Waals surface area contributed by atoms with Crippen LogP contribution in [-0.4, -0.2) is 32.2 Å². The number of hydrogen-bond acceptors (Lipinski definition) is 6. The highest BCUT2D eigenvalue weighted by atomic mass is 35.5. The molecule has 1 N–H and O–H groups in total. The smallest absolute Gasteiger partial charge is 0.234 e. The number of aromatic nitrogens is 3. The van der Waals surface area contributed by atoms with Gasteiger partial charge < -0.3 is 10.1 Å². The number of ether oxygens (including phenoxy) is 1. The molecule has 0 saturated heterocycles. The molecule has 4 rings (SSSR count). The number of Topliss-reactive ketones (excluding diaryl/α,β-unsaturated/α-hetero) is 1. The molecule has 1 heterocycles. The van der Waals surface area contributed by atoms with Gasteiger partial charge in [-0.1, -0.05) is 53.7 Å². The van der Waals surface area contributed by atoms with Crippen LogP contribution in [0.2, 0.25) is 5.02 Å². The number of thioether (sulfide) groups is 1. The Kier molecular flexibility index (Phi) is 7.84. The van der Waals surface area contributed by atoms with Crippen molar-refractivity contribution in [3.63, 3.8) is 0 Å². The number of amides is 1. The van der Waals surface area contributed by atoms with Gasteiger partial charge in [-0.15, -0.1) is 10.2 Å². The highest BCUT2D eigenvalue weighted by Crippen LogP contribution is 2.31. The average Bonchev–Trinajstić information content (AvgIpc) is 3.29. The van der Waals surface area contributed by atoms with Crippen LogP contribution in [0.3, 0.4) is 0 Å². The highest BCUT2D eigenvalue weighted by molar-refractivity contribution is 7.99. The molecule has 3 aromatic carbocycles. The Bertz CT molecular complexity index is 1330. The van der Waals surface area contributed by atoms with Crippen molar-refractivity contribution in [1.82, 2.24) is 14.8 Å². The standard InChI is InChI=1S/C26H23ClN4O3S/c1-17(32)19-12-14-20(15-13-19)28-24(33)16-35-26-30-29-25(31(26)21-8-4-3-5-9-21)18(2)34-23-11-7-6-10-22(23)27/h3-15,18H,16H2,1-2H3,(H,28,33). The summed E-state index contributed by atoms with van der Waals surface area (Å²) in [4.78, 5) is 24.0. The number of benzene rings is 3. The van der Waals surface area contributed by atoms with Crippen molar-refractivity contribution < 1.29 is 14.3 Å². The minimum atomic E-state index is -0.453. The van der Waals surface area contributed by atoms with Gasteiger partial charge in [0.25, 0.3) is 0 Å². The third-order valence-corrected chi connectivity index (χ3v) is 6.33. The molecule has 0 radical (unpaired) electrons. The van der Waals surface area contributed by atoms with Crippen LogP contribution in [0, 0.1) is 0 Å². The van der Waals surface area contributed by atoms with Crippen molar-refractivity contribution in [2.45, 2.75) is 25.1 Å². The molecule has 0 aliphatic heterocycles. The summed E-state index contributed by atoms with van der Waals surface area (Å²) in [5.74, 6) is 1.03. The number of halogens is 1. The van der Waals surface area contributed by atoms with E-state index in [9.17, 15) is 9.59 Å². The van der Waals surface area contributed by atoms with Crippen LogP contribution in [0.4, 0.5) is 5.69 Å². The van der Waals surface area contributed by atoms with Crippen LogP contribution in [0.5, 0.6) is 5.75 Å². The molecule has 0 fully saturated rings. The third-order valence-electron chi connectivity index (χ3n) is 5.08. The second-order valence-corrected chi connectivity index (χ2v) is 9.02. The number of ketones is 1. The Hall–Kier alpha value is -3.62. The molecule has 9 heteroatoms. The second-order valence-electron chi connectivity index (χ2n) is 7.67. The summed E-state index contributed by atoms with van der Waals surface area (Å²) in [7, 11) is 0. The van der Waals surface area contributed by atoms with E-state index in [1.807, 2.05) is 54.0 Å². The summed E-state index contributed by atoms with van der Waals surface area (Å²) in [5.41, 5.74) is 2.06. The number of anilines is 1. The maximum Gasteiger partial charge on any atom is 0.234 e.